The molecule has 2 aromatic carbocycles. The molecular formula is C22H27ClN2O3S. The third-order valence-corrected chi connectivity index (χ3v) is 7.48. The van der Waals surface area contributed by atoms with E-state index < -0.39 is 10.0 Å². The van der Waals surface area contributed by atoms with Crippen molar-refractivity contribution >= 4 is 33.2 Å². The largest absolute Gasteiger partial charge is 0.352 e. The summed E-state index contributed by atoms with van der Waals surface area (Å²) in [5, 5.41) is 3.47. The Labute approximate surface area is 178 Å². The number of sulfonamides is 1. The molecule has 1 N–H and O–H groups in total. The second-order valence-electron chi connectivity index (χ2n) is 7.64. The SMILES string of the molecule is Cc1ccc(N(CC(=O)NC2CCCCC2)S(=O)(=O)c2ccc(Cl)cc2)cc1C. The number of halogens is 1. The standard InChI is InChI=1S/C22H27ClN2O3S/c1-16-8-11-20(14-17(16)2)25(15-22(26)24-19-6-4-3-5-7-19)29(27,28)21-12-9-18(23)10-13-21/h8-14,19H,3-7,15H2,1-2H3,(H,24,26). The lowest BCUT2D eigenvalue weighted by molar-refractivity contribution is -0.120. The third kappa shape index (κ3) is 5.31. The van der Waals surface area contributed by atoms with Gasteiger partial charge in [-0.1, -0.05) is 36.9 Å². The van der Waals surface area contributed by atoms with Gasteiger partial charge in [0.2, 0.25) is 5.91 Å². The maximum Gasteiger partial charge on any atom is 0.264 e. The average Bonchev–Trinajstić information content (AvgIpc) is 2.69. The monoisotopic (exact) mass is 434 g/mol. The molecule has 0 heterocycles. The highest BCUT2D eigenvalue weighted by molar-refractivity contribution is 7.92. The molecule has 1 aliphatic rings. The van der Waals surface area contributed by atoms with Crippen molar-refractivity contribution in [1.82, 2.24) is 5.32 Å². The lowest BCUT2D eigenvalue weighted by Gasteiger charge is -2.27. The van der Waals surface area contributed by atoms with Crippen LogP contribution in [-0.2, 0) is 14.8 Å². The molecule has 29 heavy (non-hydrogen) atoms. The Morgan fingerprint density at radius 1 is 1.03 bits per heavy atom. The molecule has 0 unspecified atom stereocenters. The number of carbonyl (C=O) groups is 1. The first-order chi connectivity index (χ1) is 13.8. The van der Waals surface area contributed by atoms with E-state index in [2.05, 4.69) is 5.32 Å². The molecule has 3 rings (SSSR count). The highest BCUT2D eigenvalue weighted by atomic mass is 35.5. The van der Waals surface area contributed by atoms with E-state index in [1.54, 1.807) is 12.1 Å². The fourth-order valence-electron chi connectivity index (χ4n) is 3.58. The van der Waals surface area contributed by atoms with Crippen molar-refractivity contribution < 1.29 is 13.2 Å². The van der Waals surface area contributed by atoms with Gasteiger partial charge < -0.3 is 5.32 Å². The van der Waals surface area contributed by atoms with Crippen LogP contribution in [0.2, 0.25) is 5.02 Å². The Kier molecular flexibility index (Phi) is 6.85. The number of hydrogen-bond donors (Lipinski definition) is 1. The van der Waals surface area contributed by atoms with Gasteiger partial charge in [-0.25, -0.2) is 8.42 Å². The van der Waals surface area contributed by atoms with Crippen LogP contribution >= 0.6 is 11.6 Å². The van der Waals surface area contributed by atoms with Gasteiger partial charge in [-0.2, -0.15) is 0 Å². The predicted octanol–water partition coefficient (Wildman–Crippen LogP) is 4.60. The number of rotatable bonds is 6. The highest BCUT2D eigenvalue weighted by Gasteiger charge is 2.28. The number of nitrogens with one attached hydrogen (secondary N) is 1. The topological polar surface area (TPSA) is 66.5 Å². The maximum atomic E-state index is 13.4. The second-order valence-corrected chi connectivity index (χ2v) is 9.94. The molecular weight excluding hydrogens is 408 g/mol. The van der Waals surface area contributed by atoms with Crippen molar-refractivity contribution in [2.45, 2.75) is 56.9 Å². The van der Waals surface area contributed by atoms with Gasteiger partial charge in [0.1, 0.15) is 6.54 Å². The Bertz CT molecular complexity index is 968. The van der Waals surface area contributed by atoms with E-state index in [1.165, 1.54) is 35.0 Å². The Balaban J connectivity index is 1.91. The van der Waals surface area contributed by atoms with Crippen LogP contribution in [0.3, 0.4) is 0 Å². The zero-order chi connectivity index (χ0) is 21.0. The van der Waals surface area contributed by atoms with E-state index in [4.69, 9.17) is 11.6 Å². The molecule has 0 spiro atoms. The van der Waals surface area contributed by atoms with Crippen LogP contribution in [0.25, 0.3) is 0 Å². The van der Waals surface area contributed by atoms with Crippen LogP contribution in [0.4, 0.5) is 5.69 Å². The minimum absolute atomic E-state index is 0.102. The van der Waals surface area contributed by atoms with Crippen molar-refractivity contribution in [1.29, 1.82) is 0 Å². The number of amides is 1. The van der Waals surface area contributed by atoms with E-state index in [0.29, 0.717) is 10.7 Å². The number of aryl methyl sites for hydroxylation is 2. The third-order valence-electron chi connectivity index (χ3n) is 5.44. The minimum atomic E-state index is -3.92. The maximum absolute atomic E-state index is 13.4. The molecule has 2 aromatic rings. The van der Waals surface area contributed by atoms with E-state index in [9.17, 15) is 13.2 Å². The summed E-state index contributed by atoms with van der Waals surface area (Å²) < 4.78 is 27.9. The number of anilines is 1. The molecule has 1 amide bonds. The predicted molar refractivity (Wildman–Crippen MR) is 117 cm³/mol. The number of benzene rings is 2. The zero-order valence-electron chi connectivity index (χ0n) is 16.8. The van der Waals surface area contributed by atoms with Crippen LogP contribution in [-0.4, -0.2) is 26.9 Å². The summed E-state index contributed by atoms with van der Waals surface area (Å²) >= 11 is 5.92. The normalized spacial score (nSPS) is 15.1. The van der Waals surface area contributed by atoms with Crippen LogP contribution in [0.15, 0.2) is 47.4 Å². The average molecular weight is 435 g/mol. The van der Waals surface area contributed by atoms with Gasteiger partial charge >= 0.3 is 0 Å². The van der Waals surface area contributed by atoms with Crippen molar-refractivity contribution in [3.8, 4) is 0 Å². The molecule has 0 radical (unpaired) electrons. The van der Waals surface area contributed by atoms with Crippen molar-refractivity contribution in [3.05, 3.63) is 58.6 Å². The molecule has 1 fully saturated rings. The molecule has 7 heteroatoms. The van der Waals surface area contributed by atoms with Gasteiger partial charge in [-0.05, 0) is 74.2 Å². The molecule has 0 saturated heterocycles. The van der Waals surface area contributed by atoms with Crippen molar-refractivity contribution in [2.24, 2.45) is 0 Å². The first kappa shape index (κ1) is 21.7. The molecule has 1 aliphatic carbocycles. The van der Waals surface area contributed by atoms with Crippen LogP contribution in [0.1, 0.15) is 43.2 Å². The summed E-state index contributed by atoms with van der Waals surface area (Å²) in [6.07, 6.45) is 5.26. The molecule has 0 aliphatic heterocycles. The van der Waals surface area contributed by atoms with E-state index >= 15 is 0 Å². The lowest BCUT2D eigenvalue weighted by Crippen LogP contribution is -2.45. The number of carbonyl (C=O) groups excluding carboxylic acids is 1. The second kappa shape index (κ2) is 9.18. The van der Waals surface area contributed by atoms with Gasteiger partial charge in [-0.15, -0.1) is 0 Å². The summed E-state index contributed by atoms with van der Waals surface area (Å²) in [7, 11) is -3.92. The fourth-order valence-corrected chi connectivity index (χ4v) is 5.12. The quantitative estimate of drug-likeness (QED) is 0.722. The lowest BCUT2D eigenvalue weighted by atomic mass is 9.95. The Hall–Kier alpha value is -2.05. The van der Waals surface area contributed by atoms with Crippen molar-refractivity contribution in [3.63, 3.8) is 0 Å². The van der Waals surface area contributed by atoms with Gasteiger partial charge in [0, 0.05) is 11.1 Å². The Morgan fingerprint density at radius 2 is 1.69 bits per heavy atom. The summed E-state index contributed by atoms with van der Waals surface area (Å²) in [5.41, 5.74) is 2.50. The van der Waals surface area contributed by atoms with E-state index in [1.807, 2.05) is 19.9 Å². The number of nitrogens with zero attached hydrogens (tertiary/aromatic N) is 1. The van der Waals surface area contributed by atoms with Crippen LogP contribution in [0.5, 0.6) is 0 Å². The molecule has 5 nitrogen and oxygen atoms in total. The fraction of sp³-hybridized carbons (Fsp3) is 0.409. The smallest absolute Gasteiger partial charge is 0.264 e. The Morgan fingerprint density at radius 3 is 2.31 bits per heavy atom. The number of hydrogen-bond acceptors (Lipinski definition) is 3. The first-order valence-corrected chi connectivity index (χ1v) is 11.7. The minimum Gasteiger partial charge on any atom is -0.352 e. The van der Waals surface area contributed by atoms with Gasteiger partial charge in [-0.3, -0.25) is 9.10 Å². The van der Waals surface area contributed by atoms with Crippen molar-refractivity contribution in [2.75, 3.05) is 10.8 Å². The van der Waals surface area contributed by atoms with Gasteiger partial charge in [0.15, 0.2) is 0 Å². The summed E-state index contributed by atoms with van der Waals surface area (Å²) in [4.78, 5) is 12.8. The molecule has 0 atom stereocenters. The molecule has 156 valence electrons. The highest BCUT2D eigenvalue weighted by Crippen LogP contribution is 2.26. The zero-order valence-corrected chi connectivity index (χ0v) is 18.4. The van der Waals surface area contributed by atoms with E-state index in [-0.39, 0.29) is 23.4 Å². The molecule has 0 aromatic heterocycles. The molecule has 0 bridgehead atoms. The van der Waals surface area contributed by atoms with Crippen LogP contribution < -0.4 is 9.62 Å². The summed E-state index contributed by atoms with van der Waals surface area (Å²) in [6.45, 7) is 3.63. The van der Waals surface area contributed by atoms with Gasteiger partial charge in [0.05, 0.1) is 10.6 Å². The van der Waals surface area contributed by atoms with Crippen LogP contribution in [0, 0.1) is 13.8 Å². The summed E-state index contributed by atoms with van der Waals surface area (Å²) in [6, 6.07) is 11.5. The van der Waals surface area contributed by atoms with E-state index in [0.717, 1.165) is 36.8 Å². The van der Waals surface area contributed by atoms with Gasteiger partial charge in [0.25, 0.3) is 10.0 Å². The summed E-state index contributed by atoms with van der Waals surface area (Å²) in [5.74, 6) is -0.285. The first-order valence-electron chi connectivity index (χ1n) is 9.92. The molecule has 1 saturated carbocycles.